The Bertz CT molecular complexity index is 2810. The molecule has 4 nitrogen and oxygen atoms in total. The molecular formula is C52H35N3O. The third-order valence-electron chi connectivity index (χ3n) is 11.4. The molecular weight excluding hydrogens is 683 g/mol. The van der Waals surface area contributed by atoms with Gasteiger partial charge in [-0.05, 0) is 74.3 Å². The van der Waals surface area contributed by atoms with Gasteiger partial charge in [-0.25, -0.2) is 9.98 Å². The maximum Gasteiger partial charge on any atom is 0.169 e. The monoisotopic (exact) mass is 717 g/mol. The van der Waals surface area contributed by atoms with E-state index in [2.05, 4.69) is 181 Å². The number of nitrogens with zero attached hydrogens (tertiary/aromatic N) is 2. The average molecular weight is 718 g/mol. The van der Waals surface area contributed by atoms with Crippen LogP contribution >= 0.6 is 0 Å². The summed E-state index contributed by atoms with van der Waals surface area (Å²) in [4.78, 5) is 10.3. The number of hydrogen-bond donors (Lipinski definition) is 1. The number of rotatable bonds is 5. The number of benzene rings is 8. The zero-order valence-electron chi connectivity index (χ0n) is 30.4. The second-order valence-electron chi connectivity index (χ2n) is 14.5. The van der Waals surface area contributed by atoms with Crippen LogP contribution in [0.4, 0.5) is 0 Å². The predicted octanol–water partition coefficient (Wildman–Crippen LogP) is 12.0. The Kier molecular flexibility index (Phi) is 7.42. The van der Waals surface area contributed by atoms with E-state index in [0.29, 0.717) is 0 Å². The Balaban J connectivity index is 1.02. The SMILES string of the molecule is c1ccc(-c2ccc(C3=NC(c4ccccc4)N=C(c4cccc(-c5ccc6c(c5)C5(c7ccccc7Oc7ccccc75)c5ccccc5-6)c4)N3)cc2)cc1. The second kappa shape index (κ2) is 12.9. The number of nitrogens with one attached hydrogen (secondary N) is 1. The van der Waals surface area contributed by atoms with Crippen LogP contribution in [0.1, 0.15) is 45.1 Å². The molecule has 0 saturated carbocycles. The van der Waals surface area contributed by atoms with Crippen LogP contribution in [0, 0.1) is 0 Å². The number of amidine groups is 2. The molecule has 56 heavy (non-hydrogen) atoms. The van der Waals surface area contributed by atoms with Gasteiger partial charge in [-0.1, -0.05) is 176 Å². The molecule has 1 spiro atoms. The van der Waals surface area contributed by atoms with Crippen molar-refractivity contribution in [2.75, 3.05) is 0 Å². The molecule has 1 unspecified atom stereocenters. The first-order chi connectivity index (χ1) is 27.7. The number of aliphatic imine (C=N–C) groups is 2. The number of hydrogen-bond acceptors (Lipinski definition) is 4. The van der Waals surface area contributed by atoms with Crippen molar-refractivity contribution in [2.24, 2.45) is 9.98 Å². The van der Waals surface area contributed by atoms with E-state index >= 15 is 0 Å². The first kappa shape index (κ1) is 32.2. The maximum absolute atomic E-state index is 6.57. The van der Waals surface area contributed by atoms with Gasteiger partial charge in [0, 0.05) is 22.3 Å². The van der Waals surface area contributed by atoms with Gasteiger partial charge in [0.1, 0.15) is 23.2 Å². The van der Waals surface area contributed by atoms with Crippen LogP contribution in [0.5, 0.6) is 11.5 Å². The third kappa shape index (κ3) is 5.07. The van der Waals surface area contributed by atoms with Crippen LogP contribution in [0.3, 0.4) is 0 Å². The zero-order chi connectivity index (χ0) is 37.1. The van der Waals surface area contributed by atoms with Crippen molar-refractivity contribution in [1.82, 2.24) is 5.32 Å². The van der Waals surface area contributed by atoms with E-state index in [1.54, 1.807) is 0 Å². The van der Waals surface area contributed by atoms with Crippen molar-refractivity contribution in [3.8, 4) is 44.9 Å². The predicted molar refractivity (Wildman–Crippen MR) is 227 cm³/mol. The Hall–Kier alpha value is -7.30. The highest BCUT2D eigenvalue weighted by Crippen LogP contribution is 2.62. The van der Waals surface area contributed by atoms with E-state index in [9.17, 15) is 0 Å². The lowest BCUT2D eigenvalue weighted by Gasteiger charge is -2.39. The lowest BCUT2D eigenvalue weighted by atomic mass is 9.66. The van der Waals surface area contributed by atoms with Crippen LogP contribution in [0.2, 0.25) is 0 Å². The summed E-state index contributed by atoms with van der Waals surface area (Å²) in [5, 5.41) is 3.63. The molecule has 0 amide bonds. The molecule has 0 fully saturated rings. The lowest BCUT2D eigenvalue weighted by Crippen LogP contribution is -2.36. The first-order valence-corrected chi connectivity index (χ1v) is 19.1. The highest BCUT2D eigenvalue weighted by atomic mass is 16.5. The summed E-state index contributed by atoms with van der Waals surface area (Å²) in [7, 11) is 0. The van der Waals surface area contributed by atoms with Crippen molar-refractivity contribution in [3.05, 3.63) is 239 Å². The highest BCUT2D eigenvalue weighted by molar-refractivity contribution is 6.16. The van der Waals surface area contributed by atoms with Crippen LogP contribution in [0.25, 0.3) is 33.4 Å². The molecule has 8 aromatic rings. The molecule has 0 saturated heterocycles. The quantitative estimate of drug-likeness (QED) is 0.193. The Morgan fingerprint density at radius 3 is 1.61 bits per heavy atom. The van der Waals surface area contributed by atoms with Crippen LogP contribution in [-0.4, -0.2) is 11.7 Å². The summed E-state index contributed by atoms with van der Waals surface area (Å²) < 4.78 is 6.57. The van der Waals surface area contributed by atoms with E-state index in [4.69, 9.17) is 14.7 Å². The molecule has 8 aromatic carbocycles. The molecule has 2 heterocycles. The Labute approximate surface area is 326 Å². The summed E-state index contributed by atoms with van der Waals surface area (Å²) in [6, 6.07) is 70.9. The van der Waals surface area contributed by atoms with Crippen molar-refractivity contribution in [2.45, 2.75) is 11.6 Å². The fraction of sp³-hybridized carbons (Fsp3) is 0.0385. The van der Waals surface area contributed by atoms with Gasteiger partial charge >= 0.3 is 0 Å². The zero-order valence-corrected chi connectivity index (χ0v) is 30.4. The number of para-hydroxylation sites is 2. The standard InChI is InChI=1S/C52H35N3O/c1-3-14-34(15-4-1)35-26-28-37(29-27-35)50-53-49(36-16-5-2-6-17-36)54-51(55-50)40-19-13-18-38(32-40)39-30-31-42-41-20-7-8-21-43(41)52(46(42)33-39)44-22-9-11-24-47(44)56-48-25-12-10-23-45(48)52/h1-33,49H,(H,53,54,55). The van der Waals surface area contributed by atoms with Gasteiger partial charge < -0.3 is 10.1 Å². The van der Waals surface area contributed by atoms with Crippen LogP contribution in [-0.2, 0) is 5.41 Å². The minimum absolute atomic E-state index is 0.382. The van der Waals surface area contributed by atoms with Crippen molar-refractivity contribution < 1.29 is 4.74 Å². The van der Waals surface area contributed by atoms with Gasteiger partial charge in [0.2, 0.25) is 0 Å². The molecule has 0 radical (unpaired) electrons. The summed E-state index contributed by atoms with van der Waals surface area (Å²) in [6.07, 6.45) is -0.382. The third-order valence-corrected chi connectivity index (χ3v) is 11.4. The van der Waals surface area contributed by atoms with Gasteiger partial charge in [-0.3, -0.25) is 0 Å². The van der Waals surface area contributed by atoms with Gasteiger partial charge in [-0.2, -0.15) is 0 Å². The van der Waals surface area contributed by atoms with E-state index < -0.39 is 5.41 Å². The minimum Gasteiger partial charge on any atom is -0.457 e. The second-order valence-corrected chi connectivity index (χ2v) is 14.5. The fourth-order valence-electron chi connectivity index (χ4n) is 8.85. The normalized spacial score (nSPS) is 15.6. The van der Waals surface area contributed by atoms with Gasteiger partial charge in [0.25, 0.3) is 0 Å². The van der Waals surface area contributed by atoms with Crippen molar-refractivity contribution >= 4 is 11.7 Å². The van der Waals surface area contributed by atoms with E-state index in [-0.39, 0.29) is 6.17 Å². The van der Waals surface area contributed by atoms with Crippen LogP contribution < -0.4 is 10.1 Å². The summed E-state index contributed by atoms with van der Waals surface area (Å²) in [5.74, 6) is 3.36. The Morgan fingerprint density at radius 1 is 0.375 bits per heavy atom. The molecule has 0 aromatic heterocycles. The molecule has 1 aliphatic carbocycles. The smallest absolute Gasteiger partial charge is 0.169 e. The van der Waals surface area contributed by atoms with Crippen molar-refractivity contribution in [3.63, 3.8) is 0 Å². The lowest BCUT2D eigenvalue weighted by molar-refractivity contribution is 0.436. The van der Waals surface area contributed by atoms with Crippen LogP contribution in [0.15, 0.2) is 210 Å². The highest BCUT2D eigenvalue weighted by Gasteiger charge is 2.51. The number of ether oxygens (including phenoxy) is 1. The molecule has 1 atom stereocenters. The van der Waals surface area contributed by atoms with E-state index in [0.717, 1.165) is 62.1 Å². The van der Waals surface area contributed by atoms with Gasteiger partial charge in [0.05, 0.1) is 5.41 Å². The van der Waals surface area contributed by atoms with Gasteiger partial charge in [-0.15, -0.1) is 0 Å². The summed E-state index contributed by atoms with van der Waals surface area (Å²) in [5.41, 5.74) is 14.5. The number of fused-ring (bicyclic) bond motifs is 9. The molecule has 3 aliphatic rings. The van der Waals surface area contributed by atoms with Crippen molar-refractivity contribution in [1.29, 1.82) is 0 Å². The molecule has 264 valence electrons. The average Bonchev–Trinajstić information content (AvgIpc) is 3.57. The topological polar surface area (TPSA) is 46.0 Å². The largest absolute Gasteiger partial charge is 0.457 e. The summed E-state index contributed by atoms with van der Waals surface area (Å²) >= 11 is 0. The molecule has 0 bridgehead atoms. The first-order valence-electron chi connectivity index (χ1n) is 19.1. The maximum atomic E-state index is 6.57. The molecule has 1 N–H and O–H groups in total. The van der Waals surface area contributed by atoms with E-state index in [1.165, 1.54) is 33.4 Å². The molecule has 2 aliphatic heterocycles. The van der Waals surface area contributed by atoms with E-state index in [1.807, 2.05) is 24.3 Å². The summed E-state index contributed by atoms with van der Waals surface area (Å²) in [6.45, 7) is 0. The minimum atomic E-state index is -0.523. The fourth-order valence-corrected chi connectivity index (χ4v) is 8.85. The van der Waals surface area contributed by atoms with Gasteiger partial charge in [0.15, 0.2) is 6.17 Å². The Morgan fingerprint density at radius 2 is 0.875 bits per heavy atom. The molecule has 4 heteroatoms. The molecule has 11 rings (SSSR count).